The molecule has 0 spiro atoms. The van der Waals surface area contributed by atoms with Crippen LogP contribution in [0, 0.1) is 0 Å². The maximum atomic E-state index is 5.45. The molecule has 138 valence electrons. The zero-order valence-electron chi connectivity index (χ0n) is 15.3. The lowest BCUT2D eigenvalue weighted by molar-refractivity contribution is 0.122. The van der Waals surface area contributed by atoms with Crippen LogP contribution >= 0.6 is 0 Å². The molecule has 0 aromatic carbocycles. The molecule has 2 unspecified atom stereocenters. The van der Waals surface area contributed by atoms with E-state index in [1.54, 1.807) is 0 Å². The van der Waals surface area contributed by atoms with Gasteiger partial charge in [0.15, 0.2) is 0 Å². The molecule has 2 saturated heterocycles. The fraction of sp³-hybridized carbons (Fsp3) is 0.632. The highest BCUT2D eigenvalue weighted by Crippen LogP contribution is 2.43. The van der Waals surface area contributed by atoms with Crippen LogP contribution in [0.25, 0.3) is 0 Å². The molecular weight excluding hydrogens is 328 g/mol. The minimum absolute atomic E-state index is 0.451. The molecule has 26 heavy (non-hydrogen) atoms. The number of rotatable bonds is 4. The molecule has 0 amide bonds. The van der Waals surface area contributed by atoms with Gasteiger partial charge < -0.3 is 9.64 Å². The van der Waals surface area contributed by atoms with E-state index in [-0.39, 0.29) is 0 Å². The van der Waals surface area contributed by atoms with E-state index in [0.717, 1.165) is 51.8 Å². The summed E-state index contributed by atoms with van der Waals surface area (Å²) in [4.78, 5) is 14.5. The molecule has 2 atom stereocenters. The molecule has 5 rings (SSSR count). The van der Waals surface area contributed by atoms with E-state index in [1.807, 2.05) is 10.9 Å². The lowest BCUT2D eigenvalue weighted by atomic mass is 9.99. The predicted octanol–water partition coefficient (Wildman–Crippen LogP) is 1.79. The van der Waals surface area contributed by atoms with Crippen molar-refractivity contribution in [1.82, 2.24) is 24.6 Å². The summed E-state index contributed by atoms with van der Waals surface area (Å²) in [7, 11) is 0. The van der Waals surface area contributed by atoms with Crippen molar-refractivity contribution in [3.63, 3.8) is 0 Å². The first-order chi connectivity index (χ1) is 12.8. The maximum absolute atomic E-state index is 5.45. The zero-order chi connectivity index (χ0) is 17.5. The molecule has 7 heteroatoms. The van der Waals surface area contributed by atoms with Crippen molar-refractivity contribution in [3.8, 4) is 0 Å². The largest absolute Gasteiger partial charge is 0.378 e. The second-order valence-corrected chi connectivity index (χ2v) is 7.50. The monoisotopic (exact) mass is 354 g/mol. The number of fused-ring (bicyclic) bond motifs is 4. The van der Waals surface area contributed by atoms with E-state index in [9.17, 15) is 0 Å². The molecule has 0 saturated carbocycles. The topological polar surface area (TPSA) is 59.3 Å². The van der Waals surface area contributed by atoms with E-state index >= 15 is 0 Å². The molecule has 0 radical (unpaired) electrons. The van der Waals surface area contributed by atoms with Crippen molar-refractivity contribution in [2.75, 3.05) is 31.2 Å². The maximum Gasteiger partial charge on any atom is 0.225 e. The van der Waals surface area contributed by atoms with E-state index in [0.29, 0.717) is 12.1 Å². The molecule has 5 heterocycles. The van der Waals surface area contributed by atoms with E-state index < -0.39 is 0 Å². The van der Waals surface area contributed by atoms with Crippen LogP contribution in [0.2, 0.25) is 0 Å². The number of morpholine rings is 1. The van der Waals surface area contributed by atoms with Crippen molar-refractivity contribution in [3.05, 3.63) is 35.4 Å². The molecule has 2 aromatic rings. The van der Waals surface area contributed by atoms with Crippen LogP contribution in [0.5, 0.6) is 0 Å². The Morgan fingerprint density at radius 2 is 2.08 bits per heavy atom. The number of hydrogen-bond acceptors (Lipinski definition) is 6. The van der Waals surface area contributed by atoms with Crippen LogP contribution in [0.4, 0.5) is 5.95 Å². The van der Waals surface area contributed by atoms with Gasteiger partial charge in [-0.2, -0.15) is 5.10 Å². The Morgan fingerprint density at radius 1 is 1.19 bits per heavy atom. The number of anilines is 1. The Bertz CT molecular complexity index is 784. The standard InChI is InChI=1S/C19H26N6O/c1-2-24-12-14(10-21-24)13-25-15-3-4-18(25)16-11-20-19(22-17(16)9-15)23-5-7-26-8-6-23/h10-12,15,18H,2-9,13H2,1H3. The fourth-order valence-electron chi connectivity index (χ4n) is 4.60. The zero-order valence-corrected chi connectivity index (χ0v) is 15.3. The third-order valence-corrected chi connectivity index (χ3v) is 5.99. The summed E-state index contributed by atoms with van der Waals surface area (Å²) in [5.41, 5.74) is 3.89. The first kappa shape index (κ1) is 16.2. The highest BCUT2D eigenvalue weighted by Gasteiger charge is 2.41. The first-order valence-electron chi connectivity index (χ1n) is 9.77. The highest BCUT2D eigenvalue weighted by molar-refractivity contribution is 5.37. The summed E-state index contributed by atoms with van der Waals surface area (Å²) in [6.07, 6.45) is 9.76. The minimum Gasteiger partial charge on any atom is -0.378 e. The average Bonchev–Trinajstić information content (AvgIpc) is 3.25. The van der Waals surface area contributed by atoms with Crippen molar-refractivity contribution >= 4 is 5.95 Å². The average molecular weight is 354 g/mol. The van der Waals surface area contributed by atoms with E-state index in [2.05, 4.69) is 34.2 Å². The Balaban J connectivity index is 1.38. The molecule has 3 aliphatic rings. The van der Waals surface area contributed by atoms with Crippen molar-refractivity contribution in [2.24, 2.45) is 0 Å². The minimum atomic E-state index is 0.451. The van der Waals surface area contributed by atoms with Crippen LogP contribution < -0.4 is 4.90 Å². The van der Waals surface area contributed by atoms with Gasteiger partial charge in [0.1, 0.15) is 0 Å². The van der Waals surface area contributed by atoms with Crippen molar-refractivity contribution in [1.29, 1.82) is 0 Å². The van der Waals surface area contributed by atoms with E-state index in [4.69, 9.17) is 14.7 Å². The molecular formula is C19H26N6O. The van der Waals surface area contributed by atoms with Gasteiger partial charge in [-0.15, -0.1) is 0 Å². The van der Waals surface area contributed by atoms with Gasteiger partial charge in [-0.3, -0.25) is 9.58 Å². The lowest BCUT2D eigenvalue weighted by Gasteiger charge is -2.36. The molecule has 3 aliphatic heterocycles. The molecule has 0 aliphatic carbocycles. The quantitative estimate of drug-likeness (QED) is 0.834. The number of aryl methyl sites for hydroxylation is 1. The Kier molecular flexibility index (Phi) is 4.13. The number of nitrogens with zero attached hydrogens (tertiary/aromatic N) is 6. The van der Waals surface area contributed by atoms with Crippen LogP contribution in [-0.2, 0) is 24.2 Å². The second kappa shape index (κ2) is 6.63. The Hall–Kier alpha value is -1.99. The summed E-state index contributed by atoms with van der Waals surface area (Å²) >= 11 is 0. The lowest BCUT2D eigenvalue weighted by Crippen LogP contribution is -2.40. The Morgan fingerprint density at radius 3 is 2.88 bits per heavy atom. The van der Waals surface area contributed by atoms with Crippen LogP contribution in [-0.4, -0.2) is 57.0 Å². The molecule has 2 aromatic heterocycles. The summed E-state index contributed by atoms with van der Waals surface area (Å²) in [6.45, 7) is 7.34. The second-order valence-electron chi connectivity index (χ2n) is 7.50. The summed E-state index contributed by atoms with van der Waals surface area (Å²) < 4.78 is 7.45. The van der Waals surface area contributed by atoms with Gasteiger partial charge >= 0.3 is 0 Å². The van der Waals surface area contributed by atoms with Gasteiger partial charge in [0.25, 0.3) is 0 Å². The molecule has 2 fully saturated rings. The summed E-state index contributed by atoms with van der Waals surface area (Å²) in [5, 5.41) is 4.43. The first-order valence-corrected chi connectivity index (χ1v) is 9.77. The van der Waals surface area contributed by atoms with Crippen LogP contribution in [0.3, 0.4) is 0 Å². The third-order valence-electron chi connectivity index (χ3n) is 5.99. The van der Waals surface area contributed by atoms with Crippen molar-refractivity contribution in [2.45, 2.75) is 51.4 Å². The Labute approximate surface area is 154 Å². The predicted molar refractivity (Wildman–Crippen MR) is 98.0 cm³/mol. The van der Waals surface area contributed by atoms with Gasteiger partial charge in [0, 0.05) is 68.2 Å². The van der Waals surface area contributed by atoms with Gasteiger partial charge in [-0.25, -0.2) is 9.97 Å². The highest BCUT2D eigenvalue weighted by atomic mass is 16.5. The fourth-order valence-corrected chi connectivity index (χ4v) is 4.60. The normalized spacial score (nSPS) is 25.5. The molecule has 0 N–H and O–H groups in total. The van der Waals surface area contributed by atoms with E-state index in [1.165, 1.54) is 29.7 Å². The number of aromatic nitrogens is 4. The van der Waals surface area contributed by atoms with Gasteiger partial charge in [0.2, 0.25) is 5.95 Å². The third kappa shape index (κ3) is 2.79. The van der Waals surface area contributed by atoms with Gasteiger partial charge in [-0.05, 0) is 19.8 Å². The van der Waals surface area contributed by atoms with Crippen LogP contribution in [0.1, 0.15) is 42.6 Å². The van der Waals surface area contributed by atoms with Crippen molar-refractivity contribution < 1.29 is 4.74 Å². The SMILES string of the molecule is CCn1cc(CN2C3CCC2c2cnc(N4CCOCC4)nc2C3)cn1. The summed E-state index contributed by atoms with van der Waals surface area (Å²) in [5.74, 6) is 0.879. The molecule has 2 bridgehead atoms. The summed E-state index contributed by atoms with van der Waals surface area (Å²) in [6, 6.07) is 1.04. The number of ether oxygens (including phenoxy) is 1. The van der Waals surface area contributed by atoms with Gasteiger partial charge in [-0.1, -0.05) is 0 Å². The van der Waals surface area contributed by atoms with Gasteiger partial charge in [0.05, 0.1) is 25.1 Å². The smallest absolute Gasteiger partial charge is 0.225 e. The number of hydrogen-bond donors (Lipinski definition) is 0. The molecule has 7 nitrogen and oxygen atoms in total. The van der Waals surface area contributed by atoms with Crippen LogP contribution in [0.15, 0.2) is 18.6 Å².